The molecule has 0 aromatic carbocycles. The molecule has 0 unspecified atom stereocenters. The maximum atomic E-state index is 11.8. The largest absolute Gasteiger partial charge is 0.478 e. The van der Waals surface area contributed by atoms with Crippen LogP contribution in [0.4, 0.5) is 0 Å². The lowest BCUT2D eigenvalue weighted by Crippen LogP contribution is -2.37. The van der Waals surface area contributed by atoms with Crippen LogP contribution < -0.4 is 10.9 Å². The molecule has 102 valence electrons. The highest BCUT2D eigenvalue weighted by atomic mass is 16.4. The minimum absolute atomic E-state index is 0.00623. The van der Waals surface area contributed by atoms with E-state index in [0.717, 1.165) is 36.3 Å². The van der Waals surface area contributed by atoms with Crippen molar-refractivity contribution in [2.75, 3.05) is 0 Å². The van der Waals surface area contributed by atoms with Gasteiger partial charge in [0.05, 0.1) is 5.56 Å². The second kappa shape index (κ2) is 5.69. The van der Waals surface area contributed by atoms with Gasteiger partial charge < -0.3 is 15.0 Å². The highest BCUT2D eigenvalue weighted by molar-refractivity contribution is 5.87. The molecular formula is C13H16N2O4. The van der Waals surface area contributed by atoms with Crippen LogP contribution in [0.2, 0.25) is 0 Å². The number of nitrogens with zero attached hydrogens (tertiary/aromatic N) is 1. The molecule has 1 saturated carbocycles. The predicted octanol–water partition coefficient (Wildman–Crippen LogP) is 0.605. The molecule has 0 saturated heterocycles. The summed E-state index contributed by atoms with van der Waals surface area (Å²) in [6.07, 6.45) is 5.35. The van der Waals surface area contributed by atoms with Gasteiger partial charge in [-0.05, 0) is 18.9 Å². The van der Waals surface area contributed by atoms with Gasteiger partial charge in [0.15, 0.2) is 0 Å². The maximum absolute atomic E-state index is 11.8. The van der Waals surface area contributed by atoms with Gasteiger partial charge in [0, 0.05) is 18.3 Å². The monoisotopic (exact) mass is 264 g/mol. The van der Waals surface area contributed by atoms with Crippen molar-refractivity contribution >= 4 is 11.9 Å². The number of carbonyl (C=O) groups is 2. The first-order valence-electron chi connectivity index (χ1n) is 6.29. The topological polar surface area (TPSA) is 88.4 Å². The lowest BCUT2D eigenvalue weighted by molar-refractivity contribution is -0.122. The molecule has 1 aromatic rings. The number of hydrogen-bond acceptors (Lipinski definition) is 3. The zero-order valence-corrected chi connectivity index (χ0v) is 10.5. The second-order valence-electron chi connectivity index (χ2n) is 4.74. The van der Waals surface area contributed by atoms with Crippen LogP contribution in [0.3, 0.4) is 0 Å². The third-order valence-electron chi connectivity index (χ3n) is 3.26. The summed E-state index contributed by atoms with van der Waals surface area (Å²) >= 11 is 0. The van der Waals surface area contributed by atoms with Gasteiger partial charge in [0.1, 0.15) is 6.54 Å². The van der Waals surface area contributed by atoms with Crippen LogP contribution in [0.25, 0.3) is 0 Å². The Kier molecular flexibility index (Phi) is 3.99. The number of hydrogen-bond donors (Lipinski definition) is 2. The smallest absolute Gasteiger partial charge is 0.337 e. The first-order chi connectivity index (χ1) is 9.06. The number of rotatable bonds is 4. The van der Waals surface area contributed by atoms with Crippen molar-refractivity contribution in [3.63, 3.8) is 0 Å². The van der Waals surface area contributed by atoms with Gasteiger partial charge in [0.25, 0.3) is 5.56 Å². The molecule has 0 bridgehead atoms. The molecule has 1 fully saturated rings. The molecule has 1 aromatic heterocycles. The Labute approximate surface area is 110 Å². The minimum Gasteiger partial charge on any atom is -0.478 e. The zero-order valence-electron chi connectivity index (χ0n) is 10.5. The third-order valence-corrected chi connectivity index (χ3v) is 3.26. The average Bonchev–Trinajstić information content (AvgIpc) is 2.84. The summed E-state index contributed by atoms with van der Waals surface area (Å²) in [4.78, 5) is 34.2. The van der Waals surface area contributed by atoms with E-state index in [4.69, 9.17) is 5.11 Å². The summed E-state index contributed by atoms with van der Waals surface area (Å²) in [5.41, 5.74) is -0.389. The molecule has 0 spiro atoms. The summed E-state index contributed by atoms with van der Waals surface area (Å²) < 4.78 is 1.12. The summed E-state index contributed by atoms with van der Waals surface area (Å²) in [5.74, 6) is -1.37. The van der Waals surface area contributed by atoms with E-state index in [1.807, 2.05) is 0 Å². The molecule has 1 aliphatic carbocycles. The number of carbonyl (C=O) groups excluding carboxylic acids is 1. The van der Waals surface area contributed by atoms with E-state index < -0.39 is 5.97 Å². The molecule has 1 amide bonds. The van der Waals surface area contributed by atoms with Crippen molar-refractivity contribution < 1.29 is 14.7 Å². The lowest BCUT2D eigenvalue weighted by Gasteiger charge is -2.12. The van der Waals surface area contributed by atoms with Crippen LogP contribution in [-0.4, -0.2) is 27.6 Å². The summed E-state index contributed by atoms with van der Waals surface area (Å²) in [5, 5.41) is 11.7. The van der Waals surface area contributed by atoms with Crippen LogP contribution in [0.15, 0.2) is 23.1 Å². The predicted molar refractivity (Wildman–Crippen MR) is 68.1 cm³/mol. The SMILES string of the molecule is O=C(Cn1cc(C(=O)O)ccc1=O)NC1CCCC1. The first kappa shape index (κ1) is 13.3. The van der Waals surface area contributed by atoms with Crippen molar-refractivity contribution in [1.82, 2.24) is 9.88 Å². The number of nitrogens with one attached hydrogen (secondary N) is 1. The minimum atomic E-state index is -1.12. The molecule has 2 N–H and O–H groups in total. The highest BCUT2D eigenvalue weighted by Crippen LogP contribution is 2.17. The molecule has 1 heterocycles. The van der Waals surface area contributed by atoms with Crippen LogP contribution in [0.1, 0.15) is 36.0 Å². The molecule has 0 aliphatic heterocycles. The molecule has 6 heteroatoms. The Hall–Kier alpha value is -2.11. The van der Waals surface area contributed by atoms with Crippen molar-refractivity contribution in [3.8, 4) is 0 Å². The van der Waals surface area contributed by atoms with Crippen molar-refractivity contribution in [1.29, 1.82) is 0 Å². The van der Waals surface area contributed by atoms with E-state index in [1.54, 1.807) is 0 Å². The van der Waals surface area contributed by atoms with Gasteiger partial charge in [-0.15, -0.1) is 0 Å². The van der Waals surface area contributed by atoms with Crippen LogP contribution in [0.5, 0.6) is 0 Å². The summed E-state index contributed by atoms with van der Waals surface area (Å²) in [6, 6.07) is 2.58. The number of aromatic nitrogens is 1. The quantitative estimate of drug-likeness (QED) is 0.833. The summed E-state index contributed by atoms with van der Waals surface area (Å²) in [6.45, 7) is -0.142. The molecule has 6 nitrogen and oxygen atoms in total. The van der Waals surface area contributed by atoms with Crippen LogP contribution in [-0.2, 0) is 11.3 Å². The van der Waals surface area contributed by atoms with Gasteiger partial charge in [-0.1, -0.05) is 12.8 Å². The van der Waals surface area contributed by atoms with Crippen molar-refractivity contribution in [3.05, 3.63) is 34.2 Å². The fraction of sp³-hybridized carbons (Fsp3) is 0.462. The van der Waals surface area contributed by atoms with Gasteiger partial charge in [0.2, 0.25) is 5.91 Å². The van der Waals surface area contributed by atoms with E-state index in [1.165, 1.54) is 12.3 Å². The standard InChI is InChI=1S/C13H16N2O4/c16-11(14-10-3-1-2-4-10)8-15-7-9(13(18)19)5-6-12(15)17/h5-7,10H,1-4,8H2,(H,14,16)(H,18,19). The Balaban J connectivity index is 2.05. The Morgan fingerprint density at radius 2 is 2.00 bits per heavy atom. The maximum Gasteiger partial charge on any atom is 0.337 e. The normalized spacial score (nSPS) is 15.4. The van der Waals surface area contributed by atoms with Crippen LogP contribution in [0, 0.1) is 0 Å². The Bertz CT molecular complexity index is 544. The molecule has 0 radical (unpaired) electrons. The zero-order chi connectivity index (χ0) is 13.8. The highest BCUT2D eigenvalue weighted by Gasteiger charge is 2.17. The number of amides is 1. The van der Waals surface area contributed by atoms with E-state index in [9.17, 15) is 14.4 Å². The number of aromatic carboxylic acids is 1. The first-order valence-corrected chi connectivity index (χ1v) is 6.29. The van der Waals surface area contributed by atoms with Crippen molar-refractivity contribution in [2.45, 2.75) is 38.3 Å². The van der Waals surface area contributed by atoms with Gasteiger partial charge >= 0.3 is 5.97 Å². The lowest BCUT2D eigenvalue weighted by atomic mass is 10.2. The molecule has 19 heavy (non-hydrogen) atoms. The molecule has 0 atom stereocenters. The second-order valence-corrected chi connectivity index (χ2v) is 4.74. The molecule has 1 aliphatic rings. The van der Waals surface area contributed by atoms with E-state index in [2.05, 4.69) is 5.32 Å². The third kappa shape index (κ3) is 3.43. The summed E-state index contributed by atoms with van der Waals surface area (Å²) in [7, 11) is 0. The van der Waals surface area contributed by atoms with E-state index in [0.29, 0.717) is 0 Å². The fourth-order valence-corrected chi connectivity index (χ4v) is 2.28. The molecular weight excluding hydrogens is 248 g/mol. The Morgan fingerprint density at radius 3 is 2.63 bits per heavy atom. The average molecular weight is 264 g/mol. The number of pyridine rings is 1. The van der Waals surface area contributed by atoms with Gasteiger partial charge in [-0.3, -0.25) is 9.59 Å². The van der Waals surface area contributed by atoms with Crippen molar-refractivity contribution in [2.24, 2.45) is 0 Å². The number of carboxylic acids is 1. The van der Waals surface area contributed by atoms with E-state index in [-0.39, 0.29) is 29.6 Å². The number of carboxylic acid groups (broad SMARTS) is 1. The fourth-order valence-electron chi connectivity index (χ4n) is 2.28. The molecule has 2 rings (SSSR count). The van der Waals surface area contributed by atoms with Gasteiger partial charge in [-0.25, -0.2) is 4.79 Å². The Morgan fingerprint density at radius 1 is 1.32 bits per heavy atom. The van der Waals surface area contributed by atoms with Gasteiger partial charge in [-0.2, -0.15) is 0 Å². The van der Waals surface area contributed by atoms with E-state index >= 15 is 0 Å². The van der Waals surface area contributed by atoms with Crippen LogP contribution >= 0.6 is 0 Å².